The van der Waals surface area contributed by atoms with Gasteiger partial charge in [-0.25, -0.2) is 0 Å². The lowest BCUT2D eigenvalue weighted by Gasteiger charge is -2.27. The van der Waals surface area contributed by atoms with Crippen molar-refractivity contribution in [1.29, 1.82) is 0 Å². The lowest BCUT2D eigenvalue weighted by Crippen LogP contribution is -2.32. The van der Waals surface area contributed by atoms with E-state index in [2.05, 4.69) is 20.8 Å². The molecule has 0 saturated heterocycles. The smallest absolute Gasteiger partial charge is 0.290 e. The predicted molar refractivity (Wildman–Crippen MR) is 136 cm³/mol. The van der Waals surface area contributed by atoms with Gasteiger partial charge in [-0.1, -0.05) is 70.0 Å². The summed E-state index contributed by atoms with van der Waals surface area (Å²) >= 11 is 6.17. The third-order valence-electron chi connectivity index (χ3n) is 6.38. The SMILES string of the molecule is CCCCN1C(=O)C(O)=C(C(=O)c2cc3cc(Cl)cc(OC)c3o2)C1c1ccc(C(C)(C)C)cc1. The number of carbonyl (C=O) groups excluding carboxylic acids is 2. The molecule has 2 aromatic carbocycles. The topological polar surface area (TPSA) is 80.0 Å². The highest BCUT2D eigenvalue weighted by Crippen LogP contribution is 2.41. The van der Waals surface area contributed by atoms with Crippen LogP contribution in [0.2, 0.25) is 5.02 Å². The Hall–Kier alpha value is -3.25. The van der Waals surface area contributed by atoms with Crippen LogP contribution in [0.3, 0.4) is 0 Å². The Bertz CT molecular complexity index is 1310. The average Bonchev–Trinajstić information content (AvgIpc) is 3.35. The molecular weight excluding hydrogens is 466 g/mol. The number of carbonyl (C=O) groups is 2. The molecule has 2 heterocycles. The molecule has 0 aliphatic carbocycles. The van der Waals surface area contributed by atoms with E-state index in [1.54, 1.807) is 23.1 Å². The van der Waals surface area contributed by atoms with Crippen LogP contribution in [0, 0.1) is 0 Å². The highest BCUT2D eigenvalue weighted by molar-refractivity contribution is 6.31. The van der Waals surface area contributed by atoms with Gasteiger partial charge >= 0.3 is 0 Å². The predicted octanol–water partition coefficient (Wildman–Crippen LogP) is 6.77. The molecule has 1 aliphatic heterocycles. The molecule has 1 N–H and O–H groups in total. The summed E-state index contributed by atoms with van der Waals surface area (Å²) in [4.78, 5) is 28.4. The molecular formula is C28H30ClNO5. The molecule has 1 unspecified atom stereocenters. The molecule has 1 aromatic heterocycles. The number of aliphatic hydroxyl groups excluding tert-OH is 1. The minimum Gasteiger partial charge on any atom is -0.503 e. The minimum atomic E-state index is -0.714. The molecule has 6 nitrogen and oxygen atoms in total. The normalized spacial score (nSPS) is 16.5. The van der Waals surface area contributed by atoms with Gasteiger partial charge in [-0.3, -0.25) is 9.59 Å². The molecule has 4 rings (SSSR count). The number of rotatable bonds is 7. The molecule has 184 valence electrons. The Kier molecular flexibility index (Phi) is 6.69. The molecule has 1 aliphatic rings. The summed E-state index contributed by atoms with van der Waals surface area (Å²) in [6, 6.07) is 12.0. The van der Waals surface area contributed by atoms with Crippen LogP contribution in [-0.4, -0.2) is 35.4 Å². The molecule has 0 fully saturated rings. The lowest BCUT2D eigenvalue weighted by atomic mass is 9.85. The molecule has 0 radical (unpaired) electrons. The van der Waals surface area contributed by atoms with Crippen molar-refractivity contribution in [3.05, 3.63) is 75.7 Å². The number of ketones is 1. The number of halogens is 1. The first kappa shape index (κ1) is 24.9. The summed E-state index contributed by atoms with van der Waals surface area (Å²) in [6.45, 7) is 8.82. The zero-order valence-electron chi connectivity index (χ0n) is 20.6. The number of aliphatic hydroxyl groups is 1. The number of fused-ring (bicyclic) bond motifs is 1. The fourth-order valence-corrected chi connectivity index (χ4v) is 4.66. The Balaban J connectivity index is 1.81. The summed E-state index contributed by atoms with van der Waals surface area (Å²) in [5.74, 6) is -1.24. The number of benzene rings is 2. The number of ether oxygens (including phenoxy) is 1. The molecule has 3 aromatic rings. The van der Waals surface area contributed by atoms with Crippen LogP contribution < -0.4 is 4.74 Å². The fourth-order valence-electron chi connectivity index (χ4n) is 4.44. The van der Waals surface area contributed by atoms with Crippen molar-refractivity contribution in [2.75, 3.05) is 13.7 Å². The van der Waals surface area contributed by atoms with Crippen LogP contribution in [0.1, 0.15) is 68.3 Å². The third-order valence-corrected chi connectivity index (χ3v) is 6.60. The summed E-state index contributed by atoms with van der Waals surface area (Å²) in [6.07, 6.45) is 1.62. The van der Waals surface area contributed by atoms with Crippen LogP contribution in [0.5, 0.6) is 5.75 Å². The first-order valence-corrected chi connectivity index (χ1v) is 12.1. The summed E-state index contributed by atoms with van der Waals surface area (Å²) in [5.41, 5.74) is 2.23. The second kappa shape index (κ2) is 9.42. The second-order valence-electron chi connectivity index (χ2n) is 9.86. The first-order chi connectivity index (χ1) is 16.6. The number of methoxy groups -OCH3 is 1. The van der Waals surface area contributed by atoms with Gasteiger partial charge in [0.05, 0.1) is 18.7 Å². The van der Waals surface area contributed by atoms with Crippen molar-refractivity contribution < 1.29 is 23.8 Å². The van der Waals surface area contributed by atoms with E-state index >= 15 is 0 Å². The number of hydrogen-bond donors (Lipinski definition) is 1. The summed E-state index contributed by atoms with van der Waals surface area (Å²) in [7, 11) is 1.49. The zero-order chi connectivity index (χ0) is 25.5. The molecule has 1 amide bonds. The highest BCUT2D eigenvalue weighted by atomic mass is 35.5. The zero-order valence-corrected chi connectivity index (χ0v) is 21.4. The quantitative estimate of drug-likeness (QED) is 0.366. The molecule has 0 spiro atoms. The van der Waals surface area contributed by atoms with Gasteiger partial charge < -0.3 is 19.2 Å². The molecule has 7 heteroatoms. The van der Waals surface area contributed by atoms with Crippen molar-refractivity contribution in [1.82, 2.24) is 4.90 Å². The van der Waals surface area contributed by atoms with Gasteiger partial charge in [0.25, 0.3) is 5.91 Å². The van der Waals surface area contributed by atoms with E-state index in [0.29, 0.717) is 28.3 Å². The maximum atomic E-state index is 13.7. The number of furan rings is 1. The number of hydrogen-bond acceptors (Lipinski definition) is 5. The fraction of sp³-hybridized carbons (Fsp3) is 0.357. The van der Waals surface area contributed by atoms with Crippen molar-refractivity contribution in [3.63, 3.8) is 0 Å². The first-order valence-electron chi connectivity index (χ1n) is 11.7. The summed E-state index contributed by atoms with van der Waals surface area (Å²) < 4.78 is 11.2. The van der Waals surface area contributed by atoms with Gasteiger partial charge in [-0.2, -0.15) is 0 Å². The van der Waals surface area contributed by atoms with Crippen molar-refractivity contribution >= 4 is 34.3 Å². The van der Waals surface area contributed by atoms with Crippen molar-refractivity contribution in [2.24, 2.45) is 0 Å². The lowest BCUT2D eigenvalue weighted by molar-refractivity contribution is -0.129. The molecule has 1 atom stereocenters. The van der Waals surface area contributed by atoms with E-state index in [1.165, 1.54) is 7.11 Å². The molecule has 0 saturated carbocycles. The Morgan fingerprint density at radius 3 is 2.46 bits per heavy atom. The molecule has 0 bridgehead atoms. The molecule has 35 heavy (non-hydrogen) atoms. The van der Waals surface area contributed by atoms with Gasteiger partial charge in [0.2, 0.25) is 5.78 Å². The Labute approximate surface area is 210 Å². The van der Waals surface area contributed by atoms with Crippen LogP contribution in [0.4, 0.5) is 0 Å². The minimum absolute atomic E-state index is 0.00331. The Morgan fingerprint density at radius 1 is 1.17 bits per heavy atom. The van der Waals surface area contributed by atoms with E-state index in [-0.39, 0.29) is 16.7 Å². The van der Waals surface area contributed by atoms with E-state index < -0.39 is 23.5 Å². The van der Waals surface area contributed by atoms with E-state index in [0.717, 1.165) is 24.0 Å². The van der Waals surface area contributed by atoms with Gasteiger partial charge in [-0.05, 0) is 35.1 Å². The maximum Gasteiger partial charge on any atom is 0.290 e. The van der Waals surface area contributed by atoms with Crippen LogP contribution in [0.15, 0.2) is 58.2 Å². The Morgan fingerprint density at radius 2 is 1.86 bits per heavy atom. The number of Topliss-reactive ketones (excluding diaryl/α,β-unsaturated/α-hetero) is 1. The number of amides is 1. The number of nitrogens with zero attached hydrogens (tertiary/aromatic N) is 1. The highest BCUT2D eigenvalue weighted by Gasteiger charge is 2.44. The van der Waals surface area contributed by atoms with Crippen molar-refractivity contribution in [2.45, 2.75) is 52.0 Å². The van der Waals surface area contributed by atoms with Gasteiger partial charge in [0.1, 0.15) is 0 Å². The number of unbranched alkanes of at least 4 members (excludes halogenated alkanes) is 1. The van der Waals surface area contributed by atoms with Gasteiger partial charge in [0, 0.05) is 23.0 Å². The van der Waals surface area contributed by atoms with Crippen molar-refractivity contribution in [3.8, 4) is 5.75 Å². The van der Waals surface area contributed by atoms with Gasteiger partial charge in [-0.15, -0.1) is 0 Å². The van der Waals surface area contributed by atoms with E-state index in [4.69, 9.17) is 20.8 Å². The summed E-state index contributed by atoms with van der Waals surface area (Å²) in [5, 5.41) is 11.9. The van der Waals surface area contributed by atoms with Gasteiger partial charge in [0.15, 0.2) is 22.9 Å². The largest absolute Gasteiger partial charge is 0.503 e. The average molecular weight is 496 g/mol. The monoisotopic (exact) mass is 495 g/mol. The van der Waals surface area contributed by atoms with E-state index in [9.17, 15) is 14.7 Å². The maximum absolute atomic E-state index is 13.7. The third kappa shape index (κ3) is 4.55. The van der Waals surface area contributed by atoms with Crippen LogP contribution in [0.25, 0.3) is 11.0 Å². The van der Waals surface area contributed by atoms with Crippen LogP contribution in [-0.2, 0) is 10.2 Å². The van der Waals surface area contributed by atoms with E-state index in [1.807, 2.05) is 31.2 Å². The van der Waals surface area contributed by atoms with Crippen LogP contribution >= 0.6 is 11.6 Å². The second-order valence-corrected chi connectivity index (χ2v) is 10.3. The standard InChI is InChI=1S/C28H30ClNO5/c1-6-7-12-30-23(16-8-10-18(11-9-16)28(2,3)4)22(25(32)27(30)33)24(31)20-14-17-13-19(29)15-21(34-5)26(17)35-20/h8-11,13-15,23,32H,6-7,12H2,1-5H3.